The highest BCUT2D eigenvalue weighted by atomic mass is 32.1. The normalized spacial score (nSPS) is 31.5. The summed E-state index contributed by atoms with van der Waals surface area (Å²) in [4.78, 5) is 33.2. The monoisotopic (exact) mass is 384 g/mol. The van der Waals surface area contributed by atoms with E-state index >= 15 is 0 Å². The van der Waals surface area contributed by atoms with E-state index in [1.165, 1.54) is 14.6 Å². The molecule has 0 spiro atoms. The van der Waals surface area contributed by atoms with Crippen LogP contribution in [0.1, 0.15) is 49.5 Å². The first-order valence-electron chi connectivity index (χ1n) is 10.2. The van der Waals surface area contributed by atoms with Crippen LogP contribution in [-0.4, -0.2) is 41.5 Å². The van der Waals surface area contributed by atoms with Crippen LogP contribution in [0.5, 0.6) is 0 Å². The van der Waals surface area contributed by atoms with Crippen molar-refractivity contribution in [3.8, 4) is 0 Å². The van der Waals surface area contributed by atoms with E-state index in [0.29, 0.717) is 12.6 Å². The molecule has 5 rings (SSSR count). The Morgan fingerprint density at radius 3 is 2.33 bits per heavy atom. The summed E-state index contributed by atoms with van der Waals surface area (Å²) in [6, 6.07) is 8.33. The van der Waals surface area contributed by atoms with Gasteiger partial charge in [0.1, 0.15) is 0 Å². The van der Waals surface area contributed by atoms with Crippen molar-refractivity contribution in [2.45, 2.75) is 44.4 Å². The van der Waals surface area contributed by atoms with E-state index in [9.17, 15) is 9.59 Å². The van der Waals surface area contributed by atoms with Gasteiger partial charge in [-0.05, 0) is 25.0 Å². The molecule has 3 aliphatic rings. The van der Waals surface area contributed by atoms with E-state index < -0.39 is 0 Å². The molecule has 1 N–H and O–H groups in total. The van der Waals surface area contributed by atoms with E-state index in [4.69, 9.17) is 4.98 Å². The zero-order chi connectivity index (χ0) is 18.4. The van der Waals surface area contributed by atoms with Crippen LogP contribution in [-0.2, 0) is 9.59 Å². The van der Waals surface area contributed by atoms with Crippen LogP contribution >= 0.6 is 11.3 Å². The molecule has 1 saturated carbocycles. The van der Waals surface area contributed by atoms with Crippen LogP contribution in [0.25, 0.3) is 10.2 Å². The van der Waals surface area contributed by atoms with Crippen LogP contribution in [0, 0.1) is 11.8 Å². The second-order valence-electron chi connectivity index (χ2n) is 8.30. The number of likely N-dealkylation sites (tertiary alicyclic amines) is 2. The van der Waals surface area contributed by atoms with Gasteiger partial charge in [-0.25, -0.2) is 9.88 Å². The first-order chi connectivity index (χ1) is 13.2. The number of fused-ring (bicyclic) bond motifs is 2. The number of amides is 2. The molecule has 142 valence electrons. The molecular formula is C21H26N3O2S+. The van der Waals surface area contributed by atoms with Crippen LogP contribution in [0.3, 0.4) is 0 Å². The third kappa shape index (κ3) is 3.09. The first kappa shape index (κ1) is 17.3. The molecule has 3 heterocycles. The second-order valence-corrected chi connectivity index (χ2v) is 9.37. The van der Waals surface area contributed by atoms with Gasteiger partial charge >= 0.3 is 0 Å². The highest BCUT2D eigenvalue weighted by molar-refractivity contribution is 7.18. The summed E-state index contributed by atoms with van der Waals surface area (Å²) in [5.74, 6) is 0.673. The highest BCUT2D eigenvalue weighted by Crippen LogP contribution is 2.37. The van der Waals surface area contributed by atoms with Crippen LogP contribution in [0.2, 0.25) is 0 Å². The lowest BCUT2D eigenvalue weighted by Crippen LogP contribution is -3.14. The molecule has 3 fully saturated rings. The maximum Gasteiger partial charge on any atom is 0.237 e. The molecule has 2 amide bonds. The number of carbonyl (C=O) groups excluding carboxylic acids is 2. The lowest BCUT2D eigenvalue weighted by atomic mass is 9.81. The van der Waals surface area contributed by atoms with E-state index in [1.807, 2.05) is 17.4 Å². The van der Waals surface area contributed by atoms with Crippen molar-refractivity contribution in [2.24, 2.45) is 11.8 Å². The molecular weight excluding hydrogens is 358 g/mol. The minimum Gasteiger partial charge on any atom is -0.317 e. The summed E-state index contributed by atoms with van der Waals surface area (Å²) in [6.07, 6.45) is 6.15. The smallest absolute Gasteiger partial charge is 0.237 e. The fourth-order valence-corrected chi connectivity index (χ4v) is 6.24. The predicted octanol–water partition coefficient (Wildman–Crippen LogP) is 2.19. The summed E-state index contributed by atoms with van der Waals surface area (Å²) in [7, 11) is 0. The van der Waals surface area contributed by atoms with Crippen molar-refractivity contribution < 1.29 is 14.5 Å². The number of rotatable bonds is 3. The van der Waals surface area contributed by atoms with Gasteiger partial charge in [-0.2, -0.15) is 0 Å². The molecule has 2 atom stereocenters. The van der Waals surface area contributed by atoms with E-state index in [1.54, 1.807) is 4.90 Å². The van der Waals surface area contributed by atoms with Gasteiger partial charge in [-0.15, -0.1) is 11.3 Å². The van der Waals surface area contributed by atoms with Crippen molar-refractivity contribution >= 4 is 33.4 Å². The fourth-order valence-electron chi connectivity index (χ4n) is 5.11. The largest absolute Gasteiger partial charge is 0.317 e. The van der Waals surface area contributed by atoms with E-state index in [2.05, 4.69) is 18.2 Å². The molecule has 2 aliphatic heterocycles. The number of thiazole rings is 1. The topological polar surface area (TPSA) is 54.7 Å². The quantitative estimate of drug-likeness (QED) is 0.826. The number of hydrogen-bond acceptors (Lipinski definition) is 4. The van der Waals surface area contributed by atoms with Gasteiger partial charge in [0.15, 0.2) is 6.67 Å². The maximum absolute atomic E-state index is 12.7. The van der Waals surface area contributed by atoms with Crippen molar-refractivity contribution in [1.29, 1.82) is 0 Å². The van der Waals surface area contributed by atoms with Gasteiger partial charge in [0.2, 0.25) is 11.8 Å². The predicted molar refractivity (Wildman–Crippen MR) is 104 cm³/mol. The summed E-state index contributed by atoms with van der Waals surface area (Å²) < 4.78 is 1.26. The number of hydrogen-bond donors (Lipinski definition) is 1. The number of quaternary nitrogens is 1. The number of carbonyl (C=O) groups is 2. The van der Waals surface area contributed by atoms with Gasteiger partial charge in [-0.3, -0.25) is 9.59 Å². The Kier molecular flexibility index (Phi) is 4.48. The Hall–Kier alpha value is -1.79. The molecule has 2 saturated heterocycles. The molecule has 27 heavy (non-hydrogen) atoms. The molecule has 2 aromatic rings. The van der Waals surface area contributed by atoms with E-state index in [0.717, 1.165) is 57.1 Å². The zero-order valence-corrected chi connectivity index (χ0v) is 16.3. The van der Waals surface area contributed by atoms with Crippen molar-refractivity contribution in [3.63, 3.8) is 0 Å². The molecule has 6 heteroatoms. The minimum atomic E-state index is -0.0223. The minimum absolute atomic E-state index is 0.0223. The van der Waals surface area contributed by atoms with Gasteiger partial charge in [0.05, 0.1) is 40.1 Å². The Balaban J connectivity index is 1.22. The van der Waals surface area contributed by atoms with Crippen molar-refractivity contribution in [1.82, 2.24) is 9.88 Å². The highest BCUT2D eigenvalue weighted by Gasteiger charge is 2.49. The molecule has 0 unspecified atom stereocenters. The molecule has 0 bridgehead atoms. The summed E-state index contributed by atoms with van der Waals surface area (Å²) >= 11 is 1.81. The lowest BCUT2D eigenvalue weighted by Gasteiger charge is -2.30. The molecule has 1 aromatic heterocycles. The third-order valence-corrected chi connectivity index (χ3v) is 7.87. The van der Waals surface area contributed by atoms with Gasteiger partial charge in [0.25, 0.3) is 0 Å². The molecule has 1 aliphatic carbocycles. The lowest BCUT2D eigenvalue weighted by molar-refractivity contribution is -0.912. The second kappa shape index (κ2) is 6.99. The Morgan fingerprint density at radius 1 is 1.00 bits per heavy atom. The zero-order valence-electron chi connectivity index (χ0n) is 15.5. The SMILES string of the molecule is O=C1[C@@H]2CCCC[C@H]2C(=O)N1C[NH+]1CCC(c2nc3ccccc3s2)CC1. The molecule has 1 aromatic carbocycles. The average molecular weight is 385 g/mol. The Morgan fingerprint density at radius 2 is 1.67 bits per heavy atom. The van der Waals surface area contributed by atoms with Gasteiger partial charge in [-0.1, -0.05) is 25.0 Å². The van der Waals surface area contributed by atoms with E-state index in [-0.39, 0.29) is 23.7 Å². The molecule has 5 nitrogen and oxygen atoms in total. The average Bonchev–Trinajstić information content (AvgIpc) is 3.24. The summed E-state index contributed by atoms with van der Waals surface area (Å²) in [5.41, 5.74) is 1.10. The number of para-hydroxylation sites is 1. The number of nitrogens with zero attached hydrogens (tertiary/aromatic N) is 2. The first-order valence-corrected chi connectivity index (χ1v) is 11.1. The summed E-state index contributed by atoms with van der Waals surface area (Å²) in [6.45, 7) is 2.58. The number of piperidine rings is 1. The van der Waals surface area contributed by atoms with Gasteiger partial charge in [0, 0.05) is 18.8 Å². The summed E-state index contributed by atoms with van der Waals surface area (Å²) in [5, 5.41) is 1.24. The fraction of sp³-hybridized carbons (Fsp3) is 0.571. The third-order valence-electron chi connectivity index (χ3n) is 6.67. The number of nitrogens with one attached hydrogen (secondary N) is 1. The van der Waals surface area contributed by atoms with Crippen molar-refractivity contribution in [2.75, 3.05) is 19.8 Å². The van der Waals surface area contributed by atoms with Crippen molar-refractivity contribution in [3.05, 3.63) is 29.3 Å². The number of imide groups is 1. The Labute approximate surface area is 163 Å². The maximum atomic E-state index is 12.7. The number of aromatic nitrogens is 1. The van der Waals surface area contributed by atoms with Crippen LogP contribution in [0.4, 0.5) is 0 Å². The molecule has 0 radical (unpaired) electrons. The van der Waals surface area contributed by atoms with Gasteiger partial charge < -0.3 is 4.90 Å². The Bertz CT molecular complexity index is 814. The van der Waals surface area contributed by atoms with Crippen LogP contribution < -0.4 is 4.90 Å². The number of benzene rings is 1. The standard InChI is InChI=1S/C21H25N3O2S/c25-20-15-5-1-2-6-16(15)21(26)24(20)13-23-11-9-14(10-12-23)19-22-17-7-3-4-8-18(17)27-19/h3-4,7-8,14-16H,1-2,5-6,9-13H2/p+1/t15-,16-/m1/s1. The van der Waals surface area contributed by atoms with Crippen LogP contribution in [0.15, 0.2) is 24.3 Å².